The van der Waals surface area contributed by atoms with Crippen molar-refractivity contribution in [3.63, 3.8) is 0 Å². The van der Waals surface area contributed by atoms with Crippen LogP contribution in [-0.2, 0) is 6.42 Å². The predicted molar refractivity (Wildman–Crippen MR) is 44.2 cm³/mol. The second kappa shape index (κ2) is 2.20. The van der Waals surface area contributed by atoms with Crippen molar-refractivity contribution < 1.29 is 0 Å². The SMILES string of the molecule is Cc1nc2c(s1)CCC=C2. The van der Waals surface area contributed by atoms with Crippen LogP contribution in [0.5, 0.6) is 0 Å². The summed E-state index contributed by atoms with van der Waals surface area (Å²) < 4.78 is 0. The van der Waals surface area contributed by atoms with Crippen LogP contribution in [-0.4, -0.2) is 4.98 Å². The largest absolute Gasteiger partial charge is 0.242 e. The van der Waals surface area contributed by atoms with E-state index in [9.17, 15) is 0 Å². The Balaban J connectivity index is 2.53. The minimum Gasteiger partial charge on any atom is -0.242 e. The Kier molecular flexibility index (Phi) is 1.34. The van der Waals surface area contributed by atoms with E-state index in [1.54, 1.807) is 0 Å². The summed E-state index contributed by atoms with van der Waals surface area (Å²) in [5.74, 6) is 0. The molecular weight excluding hydrogens is 142 g/mol. The van der Waals surface area contributed by atoms with E-state index in [1.807, 2.05) is 11.3 Å². The molecule has 1 aliphatic rings. The Hall–Kier alpha value is -0.630. The molecule has 0 saturated heterocycles. The van der Waals surface area contributed by atoms with Gasteiger partial charge in [-0.1, -0.05) is 6.08 Å². The molecule has 0 radical (unpaired) electrons. The highest BCUT2D eigenvalue weighted by Crippen LogP contribution is 2.24. The number of thiazole rings is 1. The van der Waals surface area contributed by atoms with E-state index in [2.05, 4.69) is 24.1 Å². The molecule has 0 amide bonds. The summed E-state index contributed by atoms with van der Waals surface area (Å²) in [5, 5.41) is 1.19. The molecule has 1 nitrogen and oxygen atoms in total. The molecule has 2 heteroatoms. The summed E-state index contributed by atoms with van der Waals surface area (Å²) >= 11 is 1.83. The van der Waals surface area contributed by atoms with Crippen LogP contribution in [0.15, 0.2) is 6.08 Å². The lowest BCUT2D eigenvalue weighted by molar-refractivity contribution is 0.999. The molecule has 1 aromatic heterocycles. The second-order valence-electron chi connectivity index (χ2n) is 2.48. The van der Waals surface area contributed by atoms with E-state index in [1.165, 1.54) is 28.4 Å². The molecule has 1 aliphatic carbocycles. The smallest absolute Gasteiger partial charge is 0.0904 e. The maximum absolute atomic E-state index is 4.38. The molecule has 0 atom stereocenters. The van der Waals surface area contributed by atoms with Crippen molar-refractivity contribution in [1.29, 1.82) is 0 Å². The quantitative estimate of drug-likeness (QED) is 0.555. The fraction of sp³-hybridized carbons (Fsp3) is 0.375. The van der Waals surface area contributed by atoms with E-state index in [0.29, 0.717) is 0 Å². The summed E-state index contributed by atoms with van der Waals surface area (Å²) in [6, 6.07) is 0. The van der Waals surface area contributed by atoms with Gasteiger partial charge in [0.1, 0.15) is 0 Å². The second-order valence-corrected chi connectivity index (χ2v) is 3.77. The van der Waals surface area contributed by atoms with Gasteiger partial charge in [0.25, 0.3) is 0 Å². The van der Waals surface area contributed by atoms with Crippen molar-refractivity contribution in [2.24, 2.45) is 0 Å². The lowest BCUT2D eigenvalue weighted by Gasteiger charge is -1.99. The van der Waals surface area contributed by atoms with Crippen LogP contribution in [0.4, 0.5) is 0 Å². The Labute approximate surface area is 64.4 Å². The van der Waals surface area contributed by atoms with E-state index in [4.69, 9.17) is 0 Å². The summed E-state index contributed by atoms with van der Waals surface area (Å²) in [6.45, 7) is 2.07. The van der Waals surface area contributed by atoms with E-state index >= 15 is 0 Å². The summed E-state index contributed by atoms with van der Waals surface area (Å²) in [4.78, 5) is 5.84. The molecule has 0 spiro atoms. The first-order valence-corrected chi connectivity index (χ1v) is 4.31. The zero-order chi connectivity index (χ0) is 6.97. The number of hydrogen-bond acceptors (Lipinski definition) is 2. The van der Waals surface area contributed by atoms with Crippen molar-refractivity contribution in [3.8, 4) is 0 Å². The number of fused-ring (bicyclic) bond motifs is 1. The van der Waals surface area contributed by atoms with Crippen LogP contribution < -0.4 is 0 Å². The summed E-state index contributed by atoms with van der Waals surface area (Å²) in [7, 11) is 0. The summed E-state index contributed by atoms with van der Waals surface area (Å²) in [5.41, 5.74) is 1.20. The van der Waals surface area contributed by atoms with Crippen LogP contribution >= 0.6 is 11.3 Å². The normalized spacial score (nSPS) is 15.3. The zero-order valence-electron chi connectivity index (χ0n) is 5.92. The van der Waals surface area contributed by atoms with Crippen LogP contribution in [0.3, 0.4) is 0 Å². The molecule has 0 aliphatic heterocycles. The average molecular weight is 151 g/mol. The third-order valence-corrected chi connectivity index (χ3v) is 2.69. The molecule has 1 aromatic rings. The van der Waals surface area contributed by atoms with Gasteiger partial charge in [-0.15, -0.1) is 11.3 Å². The Morgan fingerprint density at radius 1 is 1.60 bits per heavy atom. The molecular formula is C8H9NS. The van der Waals surface area contributed by atoms with Gasteiger partial charge in [-0.2, -0.15) is 0 Å². The van der Waals surface area contributed by atoms with Gasteiger partial charge in [0.05, 0.1) is 10.7 Å². The molecule has 0 aromatic carbocycles. The number of nitrogens with zero attached hydrogens (tertiary/aromatic N) is 1. The first-order valence-electron chi connectivity index (χ1n) is 3.49. The van der Waals surface area contributed by atoms with E-state index in [0.717, 1.165) is 0 Å². The van der Waals surface area contributed by atoms with Crippen molar-refractivity contribution in [3.05, 3.63) is 21.7 Å². The zero-order valence-corrected chi connectivity index (χ0v) is 6.74. The fourth-order valence-corrected chi connectivity index (χ4v) is 2.14. The molecule has 0 bridgehead atoms. The number of hydrogen-bond donors (Lipinski definition) is 0. The van der Waals surface area contributed by atoms with Gasteiger partial charge < -0.3 is 0 Å². The Morgan fingerprint density at radius 3 is 3.30 bits per heavy atom. The molecule has 0 unspecified atom stereocenters. The van der Waals surface area contributed by atoms with Gasteiger partial charge in [0.15, 0.2) is 0 Å². The van der Waals surface area contributed by atoms with Crippen molar-refractivity contribution in [2.75, 3.05) is 0 Å². The van der Waals surface area contributed by atoms with Crippen LogP contribution in [0.2, 0.25) is 0 Å². The minimum absolute atomic E-state index is 1.19. The molecule has 2 rings (SSSR count). The minimum atomic E-state index is 1.19. The maximum Gasteiger partial charge on any atom is 0.0904 e. The molecule has 1 heterocycles. The molecule has 0 N–H and O–H groups in total. The first kappa shape index (κ1) is 6.10. The predicted octanol–water partition coefficient (Wildman–Crippen LogP) is 2.41. The molecule has 52 valence electrons. The van der Waals surface area contributed by atoms with Gasteiger partial charge in [0, 0.05) is 4.88 Å². The highest BCUT2D eigenvalue weighted by atomic mass is 32.1. The Bertz CT molecular complexity index is 273. The average Bonchev–Trinajstić information content (AvgIpc) is 2.27. The highest BCUT2D eigenvalue weighted by molar-refractivity contribution is 7.11. The number of rotatable bonds is 0. The molecule has 0 fully saturated rings. The van der Waals surface area contributed by atoms with Gasteiger partial charge in [-0.3, -0.25) is 0 Å². The molecule has 0 saturated carbocycles. The van der Waals surface area contributed by atoms with Crippen LogP contribution in [0.1, 0.15) is 22.0 Å². The third-order valence-electron chi connectivity index (χ3n) is 1.65. The lowest BCUT2D eigenvalue weighted by atomic mass is 10.1. The van der Waals surface area contributed by atoms with E-state index in [-0.39, 0.29) is 0 Å². The summed E-state index contributed by atoms with van der Waals surface area (Å²) in [6.07, 6.45) is 6.70. The van der Waals surface area contributed by atoms with Crippen molar-refractivity contribution in [1.82, 2.24) is 4.98 Å². The number of aryl methyl sites for hydroxylation is 2. The van der Waals surface area contributed by atoms with Gasteiger partial charge >= 0.3 is 0 Å². The molecule has 10 heavy (non-hydrogen) atoms. The first-order chi connectivity index (χ1) is 4.86. The fourth-order valence-electron chi connectivity index (χ4n) is 1.20. The van der Waals surface area contributed by atoms with Crippen molar-refractivity contribution >= 4 is 17.4 Å². The van der Waals surface area contributed by atoms with Crippen LogP contribution in [0, 0.1) is 6.92 Å². The van der Waals surface area contributed by atoms with E-state index < -0.39 is 0 Å². The maximum atomic E-state index is 4.38. The monoisotopic (exact) mass is 151 g/mol. The van der Waals surface area contributed by atoms with Gasteiger partial charge in [0.2, 0.25) is 0 Å². The standard InChI is InChI=1S/C8H9NS/c1-6-9-7-4-2-3-5-8(7)10-6/h2,4H,3,5H2,1H3. The Morgan fingerprint density at radius 2 is 2.50 bits per heavy atom. The number of allylic oxidation sites excluding steroid dienone is 1. The van der Waals surface area contributed by atoms with Crippen molar-refractivity contribution in [2.45, 2.75) is 19.8 Å². The van der Waals surface area contributed by atoms with Gasteiger partial charge in [-0.25, -0.2) is 4.98 Å². The lowest BCUT2D eigenvalue weighted by Crippen LogP contribution is -1.87. The third kappa shape index (κ3) is 0.886. The number of aromatic nitrogens is 1. The topological polar surface area (TPSA) is 12.9 Å². The highest BCUT2D eigenvalue weighted by Gasteiger charge is 2.07. The van der Waals surface area contributed by atoms with Crippen LogP contribution in [0.25, 0.3) is 6.08 Å². The van der Waals surface area contributed by atoms with Gasteiger partial charge in [-0.05, 0) is 25.8 Å².